The van der Waals surface area contributed by atoms with Gasteiger partial charge in [0.2, 0.25) is 12.3 Å². The molecule has 2 aliphatic rings. The summed E-state index contributed by atoms with van der Waals surface area (Å²) in [6.07, 6.45) is -4.92. The number of aliphatic carboxylic acids is 1. The van der Waals surface area contributed by atoms with Crippen molar-refractivity contribution in [2.75, 3.05) is 26.9 Å². The normalized spacial score (nSPS) is 19.7. The molecule has 1 aliphatic carbocycles. The molecule has 1 saturated heterocycles. The van der Waals surface area contributed by atoms with Gasteiger partial charge < -0.3 is 24.8 Å². The molecule has 8 nitrogen and oxygen atoms in total. The topological polar surface area (TPSA) is 105 Å². The lowest BCUT2D eigenvalue weighted by Gasteiger charge is -2.35. The first-order valence-electron chi connectivity index (χ1n) is 11.2. The summed E-state index contributed by atoms with van der Waals surface area (Å²) in [6, 6.07) is 13.8. The fourth-order valence-electron chi connectivity index (χ4n) is 4.76. The number of likely N-dealkylation sites (N-methyl/N-ethyl adjacent to an activating group) is 1. The summed E-state index contributed by atoms with van der Waals surface area (Å²) in [5, 5.41) is 11.9. The average Bonchev–Trinajstić information content (AvgIpc) is 3.46. The minimum absolute atomic E-state index is 0.0108. The number of carboxylic acids is 1. The molecule has 0 aromatic heterocycles. The number of amides is 2. The van der Waals surface area contributed by atoms with E-state index >= 15 is 0 Å². The molecule has 1 heterocycles. The number of hydrogen-bond donors (Lipinski definition) is 2. The number of carbonyl (C=O) groups is 3. The number of carboxylic acid groups (broad SMARTS) is 1. The maximum absolute atomic E-state index is 13.2. The van der Waals surface area contributed by atoms with Gasteiger partial charge in [0.15, 0.2) is 5.54 Å². The number of alkyl halides is 2. The van der Waals surface area contributed by atoms with Crippen LogP contribution in [0.1, 0.15) is 29.9 Å². The molecule has 35 heavy (non-hydrogen) atoms. The maximum atomic E-state index is 13.2. The van der Waals surface area contributed by atoms with E-state index in [-0.39, 0.29) is 32.2 Å². The van der Waals surface area contributed by atoms with Crippen molar-refractivity contribution in [1.29, 1.82) is 0 Å². The Bertz CT molecular complexity index is 1070. The Morgan fingerprint density at radius 3 is 2.26 bits per heavy atom. The highest BCUT2D eigenvalue weighted by Gasteiger charge is 2.49. The van der Waals surface area contributed by atoms with Gasteiger partial charge in [-0.05, 0) is 22.3 Å². The molecule has 1 aliphatic heterocycles. The van der Waals surface area contributed by atoms with Crippen LogP contribution in [0, 0.1) is 0 Å². The van der Waals surface area contributed by atoms with Gasteiger partial charge in [0, 0.05) is 32.4 Å². The molecule has 2 aromatic carbocycles. The van der Waals surface area contributed by atoms with Crippen molar-refractivity contribution < 1.29 is 37.7 Å². The third-order valence-electron chi connectivity index (χ3n) is 6.72. The van der Waals surface area contributed by atoms with E-state index in [0.717, 1.165) is 27.2 Å². The lowest BCUT2D eigenvalue weighted by molar-refractivity contribution is -0.158. The molecule has 0 radical (unpaired) electrons. The van der Waals surface area contributed by atoms with E-state index in [1.165, 1.54) is 7.05 Å². The summed E-state index contributed by atoms with van der Waals surface area (Å²) >= 11 is 0. The van der Waals surface area contributed by atoms with Crippen LogP contribution in [-0.4, -0.2) is 72.9 Å². The Hall–Kier alpha value is -3.53. The molecule has 2 N–H and O–H groups in total. The van der Waals surface area contributed by atoms with E-state index in [1.54, 1.807) is 0 Å². The Labute approximate surface area is 200 Å². The van der Waals surface area contributed by atoms with Crippen LogP contribution in [0.25, 0.3) is 11.1 Å². The summed E-state index contributed by atoms with van der Waals surface area (Å²) < 4.78 is 37.0. The summed E-state index contributed by atoms with van der Waals surface area (Å²) in [4.78, 5) is 38.3. The van der Waals surface area contributed by atoms with Gasteiger partial charge in [-0.2, -0.15) is 0 Å². The van der Waals surface area contributed by atoms with Crippen LogP contribution in [0.3, 0.4) is 0 Å². The van der Waals surface area contributed by atoms with Gasteiger partial charge in [-0.15, -0.1) is 0 Å². The van der Waals surface area contributed by atoms with Gasteiger partial charge in [0.05, 0.1) is 6.61 Å². The average molecular weight is 488 g/mol. The third-order valence-corrected chi connectivity index (χ3v) is 6.72. The highest BCUT2D eigenvalue weighted by molar-refractivity contribution is 5.91. The van der Waals surface area contributed by atoms with E-state index in [2.05, 4.69) is 5.32 Å². The van der Waals surface area contributed by atoms with Crippen LogP contribution in [-0.2, 0) is 19.1 Å². The van der Waals surface area contributed by atoms with Gasteiger partial charge >= 0.3 is 12.1 Å². The van der Waals surface area contributed by atoms with Crippen LogP contribution in [0.2, 0.25) is 0 Å². The molecule has 0 spiro atoms. The second-order valence-corrected chi connectivity index (χ2v) is 8.69. The largest absolute Gasteiger partial charge is 0.479 e. The summed E-state index contributed by atoms with van der Waals surface area (Å²) in [7, 11) is 1.21. The summed E-state index contributed by atoms with van der Waals surface area (Å²) in [5.41, 5.74) is 2.34. The molecule has 2 unspecified atom stereocenters. The summed E-state index contributed by atoms with van der Waals surface area (Å²) in [5.74, 6) is -2.50. The quantitative estimate of drug-likeness (QED) is 0.591. The molecule has 0 bridgehead atoms. The first kappa shape index (κ1) is 24.6. The molecule has 1 fully saturated rings. The number of nitrogens with one attached hydrogen (secondary N) is 1. The van der Waals surface area contributed by atoms with Crippen LogP contribution in [0.15, 0.2) is 48.5 Å². The van der Waals surface area contributed by atoms with Crippen molar-refractivity contribution in [3.05, 3.63) is 59.7 Å². The predicted octanol–water partition coefficient (Wildman–Crippen LogP) is 3.25. The SMILES string of the molecule is CN(C(=O)C(CC(F)F)NC(=O)OCC1c2ccccc2-c2ccccc21)C1(C(=O)O)CCOC1. The van der Waals surface area contributed by atoms with E-state index in [1.807, 2.05) is 48.5 Å². The molecule has 2 amide bonds. The van der Waals surface area contributed by atoms with Gasteiger partial charge in [0.25, 0.3) is 0 Å². The zero-order valence-corrected chi connectivity index (χ0v) is 19.1. The van der Waals surface area contributed by atoms with Crippen LogP contribution in [0.5, 0.6) is 0 Å². The molecule has 4 rings (SSSR count). The van der Waals surface area contributed by atoms with E-state index in [0.29, 0.717) is 0 Å². The monoisotopic (exact) mass is 488 g/mol. The van der Waals surface area contributed by atoms with Crippen molar-refractivity contribution >= 4 is 18.0 Å². The van der Waals surface area contributed by atoms with E-state index < -0.39 is 42.4 Å². The highest BCUT2D eigenvalue weighted by atomic mass is 19.3. The number of fused-ring (bicyclic) bond motifs is 3. The molecule has 0 saturated carbocycles. The molecule has 2 atom stereocenters. The fourth-order valence-corrected chi connectivity index (χ4v) is 4.76. The van der Waals surface area contributed by atoms with Gasteiger partial charge in [-0.25, -0.2) is 18.4 Å². The number of halogens is 2. The smallest absolute Gasteiger partial charge is 0.407 e. The van der Waals surface area contributed by atoms with Gasteiger partial charge in [-0.1, -0.05) is 48.5 Å². The first-order chi connectivity index (χ1) is 16.7. The van der Waals surface area contributed by atoms with Gasteiger partial charge in [0.1, 0.15) is 12.6 Å². The lowest BCUT2D eigenvalue weighted by Crippen LogP contribution is -2.60. The van der Waals surface area contributed by atoms with Gasteiger partial charge in [-0.3, -0.25) is 4.79 Å². The van der Waals surface area contributed by atoms with Crippen molar-refractivity contribution in [3.63, 3.8) is 0 Å². The fraction of sp³-hybridized carbons (Fsp3) is 0.400. The second kappa shape index (κ2) is 9.99. The number of rotatable bonds is 8. The molecule has 2 aromatic rings. The third kappa shape index (κ3) is 4.70. The number of nitrogens with zero attached hydrogens (tertiary/aromatic N) is 1. The minimum atomic E-state index is -2.91. The molecular formula is C25H26F2N2O6. The maximum Gasteiger partial charge on any atom is 0.407 e. The predicted molar refractivity (Wildman–Crippen MR) is 121 cm³/mol. The first-order valence-corrected chi connectivity index (χ1v) is 11.2. The Morgan fingerprint density at radius 1 is 1.14 bits per heavy atom. The van der Waals surface area contributed by atoms with Crippen molar-refractivity contribution in [2.45, 2.75) is 36.8 Å². The van der Waals surface area contributed by atoms with Crippen LogP contribution in [0.4, 0.5) is 13.6 Å². The minimum Gasteiger partial charge on any atom is -0.479 e. The summed E-state index contributed by atoms with van der Waals surface area (Å²) in [6.45, 7) is -0.210. The zero-order valence-electron chi connectivity index (χ0n) is 19.1. The Morgan fingerprint density at radius 2 is 1.74 bits per heavy atom. The highest BCUT2D eigenvalue weighted by Crippen LogP contribution is 2.44. The number of ether oxygens (including phenoxy) is 2. The number of hydrogen-bond acceptors (Lipinski definition) is 5. The van der Waals surface area contributed by atoms with E-state index in [9.17, 15) is 28.3 Å². The standard InChI is InChI=1S/C25H26F2N2O6/c1-29(25(23(31)32)10-11-34-14-25)22(30)20(12-21(26)27)28-24(33)35-13-19-17-8-4-2-6-15(17)16-7-3-5-9-18(16)19/h2-9,19-21H,10-14H2,1H3,(H,28,33)(H,31,32). The molecular weight excluding hydrogens is 462 g/mol. The van der Waals surface area contributed by atoms with Crippen molar-refractivity contribution in [1.82, 2.24) is 10.2 Å². The van der Waals surface area contributed by atoms with Crippen molar-refractivity contribution in [3.8, 4) is 11.1 Å². The van der Waals surface area contributed by atoms with Crippen LogP contribution >= 0.6 is 0 Å². The van der Waals surface area contributed by atoms with E-state index in [4.69, 9.17) is 9.47 Å². The number of alkyl carbamates (subject to hydrolysis) is 1. The van der Waals surface area contributed by atoms with Crippen LogP contribution < -0.4 is 5.32 Å². The van der Waals surface area contributed by atoms with Crippen molar-refractivity contribution in [2.24, 2.45) is 0 Å². The molecule has 186 valence electrons. The lowest BCUT2D eigenvalue weighted by atomic mass is 9.95. The zero-order chi connectivity index (χ0) is 25.2. The molecule has 10 heteroatoms. The number of carbonyl (C=O) groups excluding carboxylic acids is 2. The Balaban J connectivity index is 1.46. The second-order valence-electron chi connectivity index (χ2n) is 8.69. The Kier molecular flexibility index (Phi) is 7.02. The number of benzene rings is 2.